The van der Waals surface area contributed by atoms with Gasteiger partial charge in [-0.1, -0.05) is 36.4 Å². The summed E-state index contributed by atoms with van der Waals surface area (Å²) < 4.78 is 45.5. The second-order valence-electron chi connectivity index (χ2n) is 7.99. The summed E-state index contributed by atoms with van der Waals surface area (Å²) in [5.41, 5.74) is 0.281. The lowest BCUT2D eigenvalue weighted by Crippen LogP contribution is -2.47. The Bertz CT molecular complexity index is 1080. The van der Waals surface area contributed by atoms with Crippen LogP contribution in [0.5, 0.6) is 0 Å². The number of aromatic nitrogens is 2. The molecule has 1 saturated heterocycles. The number of benzene rings is 2. The van der Waals surface area contributed by atoms with Crippen molar-refractivity contribution in [3.63, 3.8) is 0 Å². The maximum Gasteiger partial charge on any atom is 0.416 e. The fourth-order valence-corrected chi connectivity index (χ4v) is 3.89. The van der Waals surface area contributed by atoms with E-state index in [4.69, 9.17) is 4.52 Å². The van der Waals surface area contributed by atoms with E-state index in [1.165, 1.54) is 18.3 Å². The standard InChI is InChI=1S/C23H24F3N5O2/c24-23(25,26)18-9-6-10-19(14-18)27-22(32)28-21-16-31(29-33-21)20(15-30-11-4-5-12-30)13-17-7-2-1-3-8-17/h1-3,6-10,14,16,20H,4-5,11-13,15H2,(H-,27,28,29,32)/t20-/m0/s1. The number of aliphatic imine (C=N–C) groups is 1. The lowest BCUT2D eigenvalue weighted by Gasteiger charge is -2.17. The number of nitrogens with zero attached hydrogens (tertiary/aromatic N) is 4. The zero-order chi connectivity index (χ0) is 23.3. The first kappa shape index (κ1) is 22.8. The Labute approximate surface area is 189 Å². The summed E-state index contributed by atoms with van der Waals surface area (Å²) in [6, 6.07) is 13.5. The third-order valence-electron chi connectivity index (χ3n) is 5.48. The smallest absolute Gasteiger partial charge is 0.416 e. The predicted octanol–water partition coefficient (Wildman–Crippen LogP) is 3.32. The summed E-state index contributed by atoms with van der Waals surface area (Å²) in [4.78, 5) is 6.16. The summed E-state index contributed by atoms with van der Waals surface area (Å²) in [7, 11) is 0. The number of likely N-dealkylation sites (tertiary alicyclic amines) is 1. The molecule has 1 aliphatic heterocycles. The average Bonchev–Trinajstić information content (AvgIpc) is 3.46. The molecule has 1 aromatic heterocycles. The van der Waals surface area contributed by atoms with Crippen molar-refractivity contribution in [2.24, 2.45) is 4.99 Å². The Balaban J connectivity index is 1.48. The maximum absolute atomic E-state index is 12.9. The minimum atomic E-state index is -4.50. The van der Waals surface area contributed by atoms with Crippen LogP contribution in [0.4, 0.5) is 24.7 Å². The van der Waals surface area contributed by atoms with Gasteiger partial charge in [-0.05, 0) is 54.4 Å². The molecule has 3 aromatic rings. The zero-order valence-electron chi connectivity index (χ0n) is 17.8. The molecule has 0 spiro atoms. The molecule has 0 saturated carbocycles. The Morgan fingerprint density at radius 3 is 2.64 bits per heavy atom. The Morgan fingerprint density at radius 2 is 1.91 bits per heavy atom. The fourth-order valence-electron chi connectivity index (χ4n) is 3.89. The van der Waals surface area contributed by atoms with Gasteiger partial charge < -0.3 is 10.4 Å². The number of amidine groups is 1. The monoisotopic (exact) mass is 459 g/mol. The van der Waals surface area contributed by atoms with E-state index < -0.39 is 17.8 Å². The minimum absolute atomic E-state index is 0.0121. The molecule has 1 fully saturated rings. The summed E-state index contributed by atoms with van der Waals surface area (Å²) >= 11 is 0. The quantitative estimate of drug-likeness (QED) is 0.333. The summed E-state index contributed by atoms with van der Waals surface area (Å²) in [6.45, 7) is 2.84. The molecule has 10 heteroatoms. The van der Waals surface area contributed by atoms with Crippen LogP contribution in [0.3, 0.4) is 0 Å². The van der Waals surface area contributed by atoms with Crippen LogP contribution in [0.15, 0.2) is 70.3 Å². The fraction of sp³-hybridized carbons (Fsp3) is 0.348. The molecule has 0 amide bonds. The van der Waals surface area contributed by atoms with E-state index in [0.29, 0.717) is 0 Å². The number of hydrogen-bond donors (Lipinski definition) is 1. The molecule has 1 aliphatic rings. The molecule has 0 aliphatic carbocycles. The first-order chi connectivity index (χ1) is 15.9. The highest BCUT2D eigenvalue weighted by atomic mass is 19.4. The van der Waals surface area contributed by atoms with Crippen LogP contribution in [0.25, 0.3) is 0 Å². The van der Waals surface area contributed by atoms with Crippen LogP contribution >= 0.6 is 0 Å². The van der Waals surface area contributed by atoms with Gasteiger partial charge in [-0.25, -0.2) is 4.99 Å². The molecule has 4 rings (SSSR count). The van der Waals surface area contributed by atoms with E-state index in [1.807, 2.05) is 30.3 Å². The molecule has 1 atom stereocenters. The average molecular weight is 459 g/mol. The topological polar surface area (TPSA) is 80.6 Å². The number of nitrogens with one attached hydrogen (secondary N) is 1. The van der Waals surface area contributed by atoms with Crippen molar-refractivity contribution < 1.29 is 27.5 Å². The van der Waals surface area contributed by atoms with Crippen molar-refractivity contribution in [2.45, 2.75) is 31.5 Å². The minimum Gasteiger partial charge on any atom is -0.846 e. The van der Waals surface area contributed by atoms with E-state index in [-0.39, 0.29) is 17.6 Å². The van der Waals surface area contributed by atoms with E-state index in [2.05, 4.69) is 20.5 Å². The van der Waals surface area contributed by atoms with Gasteiger partial charge in [0.25, 0.3) is 6.20 Å². The molecule has 0 bridgehead atoms. The van der Waals surface area contributed by atoms with Gasteiger partial charge in [0, 0.05) is 12.1 Å². The highest BCUT2D eigenvalue weighted by Gasteiger charge is 2.30. The molecule has 2 heterocycles. The molecule has 7 nitrogen and oxygen atoms in total. The van der Waals surface area contributed by atoms with Crippen molar-refractivity contribution in [2.75, 3.05) is 25.0 Å². The van der Waals surface area contributed by atoms with Gasteiger partial charge in [0.2, 0.25) is 11.3 Å². The van der Waals surface area contributed by atoms with Crippen LogP contribution in [-0.4, -0.2) is 35.8 Å². The molecule has 2 aromatic carbocycles. The Morgan fingerprint density at radius 1 is 1.15 bits per heavy atom. The molecular formula is C23H24F3N5O2. The second kappa shape index (κ2) is 10.0. The third kappa shape index (κ3) is 6.32. The van der Waals surface area contributed by atoms with Gasteiger partial charge in [0.05, 0.1) is 18.1 Å². The van der Waals surface area contributed by atoms with Gasteiger partial charge in [-0.3, -0.25) is 9.42 Å². The predicted molar refractivity (Wildman–Crippen MR) is 114 cm³/mol. The number of hydrogen-bond acceptors (Lipinski definition) is 5. The first-order valence-electron chi connectivity index (χ1n) is 10.7. The molecule has 0 radical (unpaired) electrons. The van der Waals surface area contributed by atoms with Crippen molar-refractivity contribution >= 4 is 17.6 Å². The second-order valence-corrected chi connectivity index (χ2v) is 7.99. The van der Waals surface area contributed by atoms with Crippen LogP contribution in [0.1, 0.15) is 30.0 Å². The molecule has 174 valence electrons. The van der Waals surface area contributed by atoms with Gasteiger partial charge in [0.1, 0.15) is 0 Å². The Hall–Kier alpha value is -3.40. The van der Waals surface area contributed by atoms with Crippen molar-refractivity contribution in [1.82, 2.24) is 10.2 Å². The van der Waals surface area contributed by atoms with Gasteiger partial charge in [-0.2, -0.15) is 13.2 Å². The Kier molecular flexibility index (Phi) is 6.93. The SMILES string of the molecule is [O-]C(=Nc1c[n+]([C@@H](Cc2ccccc2)CN2CCCC2)no1)Nc1cccc(C(F)(F)F)c1. The maximum atomic E-state index is 12.9. The van der Waals surface area contributed by atoms with Gasteiger partial charge in [0.15, 0.2) is 0 Å². The third-order valence-corrected chi connectivity index (χ3v) is 5.48. The number of halogens is 3. The molecule has 1 N–H and O–H groups in total. The number of alkyl halides is 3. The van der Waals surface area contributed by atoms with Crippen molar-refractivity contribution in [3.8, 4) is 0 Å². The van der Waals surface area contributed by atoms with Crippen molar-refractivity contribution in [3.05, 3.63) is 71.9 Å². The van der Waals surface area contributed by atoms with Gasteiger partial charge in [-0.15, -0.1) is 0 Å². The summed E-state index contributed by atoms with van der Waals surface area (Å²) in [5, 5.41) is 18.6. The van der Waals surface area contributed by atoms with Crippen molar-refractivity contribution in [1.29, 1.82) is 0 Å². The summed E-state index contributed by atoms with van der Waals surface area (Å²) in [6.07, 6.45) is 0.0902. The van der Waals surface area contributed by atoms with Gasteiger partial charge >= 0.3 is 12.1 Å². The first-order valence-corrected chi connectivity index (χ1v) is 10.7. The largest absolute Gasteiger partial charge is 0.846 e. The zero-order valence-corrected chi connectivity index (χ0v) is 17.8. The van der Waals surface area contributed by atoms with E-state index in [1.54, 1.807) is 4.68 Å². The lowest BCUT2D eigenvalue weighted by molar-refractivity contribution is -0.784. The molecular weight excluding hydrogens is 435 g/mol. The van der Waals surface area contributed by atoms with Crippen LogP contribution in [0, 0.1) is 0 Å². The highest BCUT2D eigenvalue weighted by molar-refractivity contribution is 5.87. The van der Waals surface area contributed by atoms with E-state index in [0.717, 1.165) is 56.6 Å². The van der Waals surface area contributed by atoms with Crippen LogP contribution in [-0.2, 0) is 12.6 Å². The molecule has 33 heavy (non-hydrogen) atoms. The molecule has 0 unspecified atom stereocenters. The lowest BCUT2D eigenvalue weighted by atomic mass is 10.1. The van der Waals surface area contributed by atoms with Crippen LogP contribution < -0.4 is 15.1 Å². The number of anilines is 1. The normalized spacial score (nSPS) is 16.2. The van der Waals surface area contributed by atoms with E-state index >= 15 is 0 Å². The van der Waals surface area contributed by atoms with Crippen LogP contribution in [0.2, 0.25) is 0 Å². The summed E-state index contributed by atoms with van der Waals surface area (Å²) in [5.74, 6) is -0.0287. The number of rotatable bonds is 7. The highest BCUT2D eigenvalue weighted by Crippen LogP contribution is 2.30. The van der Waals surface area contributed by atoms with E-state index in [9.17, 15) is 18.3 Å².